The van der Waals surface area contributed by atoms with Gasteiger partial charge in [-0.2, -0.15) is 8.42 Å². The van der Waals surface area contributed by atoms with Crippen molar-refractivity contribution in [3.63, 3.8) is 0 Å². The van der Waals surface area contributed by atoms with E-state index >= 15 is 0 Å². The van der Waals surface area contributed by atoms with Crippen LogP contribution in [0.15, 0.2) is 34.8 Å². The Labute approximate surface area is 146 Å². The summed E-state index contributed by atoms with van der Waals surface area (Å²) in [6.45, 7) is 6.82. The van der Waals surface area contributed by atoms with Gasteiger partial charge < -0.3 is 0 Å². The molecule has 1 aliphatic heterocycles. The second kappa shape index (κ2) is 6.06. The van der Waals surface area contributed by atoms with E-state index in [-0.39, 0.29) is 11.2 Å². The minimum absolute atomic E-state index is 0.145. The van der Waals surface area contributed by atoms with Gasteiger partial charge >= 0.3 is 5.82 Å². The lowest BCUT2D eigenvalue weighted by molar-refractivity contribution is -0.683. The van der Waals surface area contributed by atoms with E-state index in [1.807, 2.05) is 29.1 Å². The molecule has 0 aromatic carbocycles. The lowest BCUT2D eigenvalue weighted by atomic mass is 9.82. The molecule has 7 heteroatoms. The molecule has 0 bridgehead atoms. The Bertz CT molecular complexity index is 898. The second-order valence-corrected chi connectivity index (χ2v) is 9.12. The number of thiophene rings is 1. The maximum atomic E-state index is 11.0. The molecule has 0 radical (unpaired) electrons. The summed E-state index contributed by atoms with van der Waals surface area (Å²) in [4.78, 5) is 5.88. The second-order valence-electron chi connectivity index (χ2n) is 6.60. The van der Waals surface area contributed by atoms with E-state index in [2.05, 4.69) is 26.0 Å². The molecule has 0 saturated heterocycles. The van der Waals surface area contributed by atoms with Crippen LogP contribution in [0.3, 0.4) is 0 Å². The summed E-state index contributed by atoms with van der Waals surface area (Å²) in [5.41, 5.74) is 3.16. The first-order valence-electron chi connectivity index (χ1n) is 7.81. The number of hydrogen-bond acceptors (Lipinski definition) is 4. The molecule has 0 saturated carbocycles. The monoisotopic (exact) mass is 365 g/mol. The molecule has 2 aromatic rings. The third kappa shape index (κ3) is 3.29. The molecule has 0 amide bonds. The molecule has 0 spiro atoms. The third-order valence-corrected chi connectivity index (χ3v) is 6.29. The van der Waals surface area contributed by atoms with Gasteiger partial charge in [0.15, 0.2) is 0 Å². The van der Waals surface area contributed by atoms with Gasteiger partial charge in [-0.15, -0.1) is 11.3 Å². The van der Waals surface area contributed by atoms with Crippen LogP contribution >= 0.6 is 11.3 Å². The van der Waals surface area contributed by atoms with Crippen LogP contribution in [-0.2, 0) is 22.1 Å². The van der Waals surface area contributed by atoms with Crippen molar-refractivity contribution in [3.8, 4) is 10.4 Å². The van der Waals surface area contributed by atoms with Gasteiger partial charge in [0.2, 0.25) is 0 Å². The first-order chi connectivity index (χ1) is 11.2. The van der Waals surface area contributed by atoms with E-state index in [0.29, 0.717) is 13.0 Å². The number of hydrogen-bond donors (Lipinski definition) is 1. The van der Waals surface area contributed by atoms with E-state index in [1.54, 1.807) is 11.3 Å². The molecule has 0 unspecified atom stereocenters. The molecular weight excluding hydrogens is 344 g/mol. The number of fused-ring (bicyclic) bond motifs is 1. The van der Waals surface area contributed by atoms with E-state index < -0.39 is 10.1 Å². The molecule has 128 valence electrons. The number of aromatic nitrogens is 1. The summed E-state index contributed by atoms with van der Waals surface area (Å²) in [6, 6.07) is 6.27. The number of nitrogens with zero attached hydrogens (tertiary/aromatic N) is 2. The summed E-state index contributed by atoms with van der Waals surface area (Å²) in [7, 11) is -3.94. The smallest absolute Gasteiger partial charge is 0.286 e. The van der Waals surface area contributed by atoms with Gasteiger partial charge in [-0.25, -0.2) is 4.57 Å². The molecule has 24 heavy (non-hydrogen) atoms. The van der Waals surface area contributed by atoms with Crippen molar-refractivity contribution in [1.29, 1.82) is 0 Å². The first-order valence-corrected chi connectivity index (χ1v) is 10.3. The van der Waals surface area contributed by atoms with Gasteiger partial charge in [-0.05, 0) is 43.3 Å². The van der Waals surface area contributed by atoms with E-state index in [1.165, 1.54) is 4.88 Å². The number of pyridine rings is 1. The largest absolute Gasteiger partial charge is 0.327 e. The minimum atomic E-state index is -3.94. The number of rotatable bonds is 5. The van der Waals surface area contributed by atoms with Gasteiger partial charge in [0.05, 0.1) is 29.5 Å². The molecule has 1 aliphatic rings. The number of aliphatic imine (C=N–C) groups is 1. The number of aryl methyl sites for hydroxylation is 1. The lowest BCUT2D eigenvalue weighted by Gasteiger charge is -2.17. The maximum absolute atomic E-state index is 11.0. The predicted molar refractivity (Wildman–Crippen MR) is 96.8 cm³/mol. The van der Waals surface area contributed by atoms with E-state index in [9.17, 15) is 8.42 Å². The Morgan fingerprint density at radius 3 is 2.75 bits per heavy atom. The Kier molecular flexibility index (Phi) is 4.36. The fourth-order valence-electron chi connectivity index (χ4n) is 2.88. The van der Waals surface area contributed by atoms with Crippen molar-refractivity contribution < 1.29 is 17.5 Å². The first kappa shape index (κ1) is 17.3. The molecule has 0 aliphatic carbocycles. The zero-order chi connectivity index (χ0) is 17.5. The quantitative estimate of drug-likeness (QED) is 0.652. The van der Waals surface area contributed by atoms with Crippen LogP contribution in [0.2, 0.25) is 0 Å². The average molecular weight is 366 g/mol. The van der Waals surface area contributed by atoms with Crippen LogP contribution in [0.4, 0.5) is 5.82 Å². The third-order valence-electron chi connectivity index (χ3n) is 4.57. The van der Waals surface area contributed by atoms with Crippen molar-refractivity contribution in [2.24, 2.45) is 4.99 Å². The Balaban J connectivity index is 2.03. The van der Waals surface area contributed by atoms with Gasteiger partial charge in [-0.3, -0.25) is 4.55 Å². The van der Waals surface area contributed by atoms with Gasteiger partial charge in [0.1, 0.15) is 5.71 Å². The van der Waals surface area contributed by atoms with Crippen molar-refractivity contribution in [2.75, 3.05) is 5.75 Å². The lowest BCUT2D eigenvalue weighted by Crippen LogP contribution is -2.36. The van der Waals surface area contributed by atoms with Crippen LogP contribution in [0.1, 0.15) is 32.8 Å². The normalized spacial score (nSPS) is 16.1. The Morgan fingerprint density at radius 1 is 1.38 bits per heavy atom. The molecule has 5 nitrogen and oxygen atoms in total. The Morgan fingerprint density at radius 2 is 2.12 bits per heavy atom. The standard InChI is InChI=1S/C17H20N2O3S2/c1-12-17(2,3)14-10-13(15-6-4-8-23-15)11-19(16(14)18-12)7-5-9-24(20,21)22/h4,6,8,10-11H,5,7,9H2,1-3H3/p+1. The molecule has 0 atom stereocenters. The SMILES string of the molecule is CC1=Nc2c(cc(-c3cccs3)c[n+]2CCCS(=O)(=O)O)C1(C)C. The summed E-state index contributed by atoms with van der Waals surface area (Å²) >= 11 is 1.67. The van der Waals surface area contributed by atoms with Crippen LogP contribution in [0, 0.1) is 0 Å². The van der Waals surface area contributed by atoms with Gasteiger partial charge in [0.25, 0.3) is 10.1 Å². The van der Waals surface area contributed by atoms with Crippen LogP contribution < -0.4 is 4.57 Å². The van der Waals surface area contributed by atoms with Gasteiger partial charge in [0, 0.05) is 16.9 Å². The molecular formula is C17H21N2O3S2+. The van der Waals surface area contributed by atoms with Crippen LogP contribution in [-0.4, -0.2) is 24.4 Å². The zero-order valence-electron chi connectivity index (χ0n) is 14.0. The highest BCUT2D eigenvalue weighted by Gasteiger charge is 2.41. The highest BCUT2D eigenvalue weighted by atomic mass is 32.2. The zero-order valence-corrected chi connectivity index (χ0v) is 15.6. The maximum Gasteiger partial charge on any atom is 0.327 e. The highest BCUT2D eigenvalue weighted by molar-refractivity contribution is 7.85. The van der Waals surface area contributed by atoms with Crippen molar-refractivity contribution in [2.45, 2.75) is 39.2 Å². The minimum Gasteiger partial charge on any atom is -0.286 e. The molecule has 1 N–H and O–H groups in total. The van der Waals surface area contributed by atoms with Crippen molar-refractivity contribution in [1.82, 2.24) is 0 Å². The molecule has 0 fully saturated rings. The summed E-state index contributed by atoms with van der Waals surface area (Å²) in [5.74, 6) is 0.637. The van der Waals surface area contributed by atoms with Crippen LogP contribution in [0.25, 0.3) is 10.4 Å². The predicted octanol–water partition coefficient (Wildman–Crippen LogP) is 3.36. The van der Waals surface area contributed by atoms with E-state index in [0.717, 1.165) is 22.7 Å². The van der Waals surface area contributed by atoms with E-state index in [4.69, 9.17) is 9.55 Å². The highest BCUT2D eigenvalue weighted by Crippen LogP contribution is 2.40. The fourth-order valence-corrected chi connectivity index (χ4v) is 4.09. The fraction of sp³-hybridized carbons (Fsp3) is 0.412. The summed E-state index contributed by atoms with van der Waals surface area (Å²) in [5, 5.41) is 2.04. The van der Waals surface area contributed by atoms with Crippen LogP contribution in [0.5, 0.6) is 0 Å². The topological polar surface area (TPSA) is 70.6 Å². The van der Waals surface area contributed by atoms with Crippen molar-refractivity contribution in [3.05, 3.63) is 35.3 Å². The summed E-state index contributed by atoms with van der Waals surface area (Å²) < 4.78 is 32.9. The molecule has 3 heterocycles. The average Bonchev–Trinajstić information content (AvgIpc) is 3.07. The van der Waals surface area contributed by atoms with Gasteiger partial charge in [-0.1, -0.05) is 6.07 Å². The van der Waals surface area contributed by atoms with Crippen molar-refractivity contribution >= 4 is 33.0 Å². The summed E-state index contributed by atoms with van der Waals surface area (Å²) in [6.07, 6.45) is 2.37. The molecule has 3 rings (SSSR count). The molecule has 2 aromatic heterocycles. The Hall–Kier alpha value is -1.57.